The highest BCUT2D eigenvalue weighted by Crippen LogP contribution is 2.31. The molecule has 1 amide bonds. The summed E-state index contributed by atoms with van der Waals surface area (Å²) in [6.07, 6.45) is -4.37. The predicted octanol–water partition coefficient (Wildman–Crippen LogP) is 5.47. The van der Waals surface area contributed by atoms with Crippen molar-refractivity contribution in [1.29, 1.82) is 0 Å². The highest BCUT2D eigenvalue weighted by Gasteiger charge is 2.36. The van der Waals surface area contributed by atoms with Crippen LogP contribution >= 0.6 is 0 Å². The van der Waals surface area contributed by atoms with Crippen molar-refractivity contribution in [1.82, 2.24) is 10.3 Å². The molecule has 0 aliphatic carbocycles. The number of hydrogen-bond donors (Lipinski definition) is 2. The Morgan fingerprint density at radius 1 is 1.06 bits per heavy atom. The van der Waals surface area contributed by atoms with Crippen LogP contribution in [0.1, 0.15) is 43.1 Å². The Kier molecular flexibility index (Phi) is 7.71. The summed E-state index contributed by atoms with van der Waals surface area (Å²) in [5, 5.41) is 12.6. The predicted molar refractivity (Wildman–Crippen MR) is 122 cm³/mol. The van der Waals surface area contributed by atoms with Crippen molar-refractivity contribution in [3.63, 3.8) is 0 Å². The van der Waals surface area contributed by atoms with Gasteiger partial charge in [0.25, 0.3) is 5.91 Å². The lowest BCUT2D eigenvalue weighted by atomic mass is 9.81. The molecular weight excluding hydrogens is 484 g/mol. The summed E-state index contributed by atoms with van der Waals surface area (Å²) in [6, 6.07) is 9.16. The van der Waals surface area contributed by atoms with Crippen molar-refractivity contribution in [2.45, 2.75) is 46.2 Å². The third-order valence-electron chi connectivity index (χ3n) is 5.78. The lowest BCUT2D eigenvalue weighted by Crippen LogP contribution is -2.50. The molecule has 2 N–H and O–H groups in total. The molecule has 1 aromatic heterocycles. The number of alkyl halides is 3. The Morgan fingerprint density at radius 3 is 2.28 bits per heavy atom. The molecule has 1 heterocycles. The molecule has 0 saturated carbocycles. The van der Waals surface area contributed by atoms with E-state index in [-0.39, 0.29) is 23.4 Å². The molecule has 0 radical (unpaired) electrons. The van der Waals surface area contributed by atoms with Crippen LogP contribution in [0.5, 0.6) is 11.5 Å². The van der Waals surface area contributed by atoms with Gasteiger partial charge < -0.3 is 19.9 Å². The second-order valence-corrected chi connectivity index (χ2v) is 8.72. The van der Waals surface area contributed by atoms with E-state index in [0.29, 0.717) is 17.4 Å². The first-order chi connectivity index (χ1) is 16.8. The molecule has 0 bridgehead atoms. The first-order valence-electron chi connectivity index (χ1n) is 10.9. The quantitative estimate of drug-likeness (QED) is 0.294. The van der Waals surface area contributed by atoms with Crippen LogP contribution in [-0.2, 0) is 11.4 Å². The minimum Gasteiger partial charge on any atom is -0.486 e. The van der Waals surface area contributed by atoms with Gasteiger partial charge in [0.15, 0.2) is 5.75 Å². The number of fused-ring (bicyclic) bond motifs is 1. The molecule has 0 unspecified atom stereocenters. The fraction of sp³-hybridized carbons (Fsp3) is 0.320. The number of nitrogens with zero attached hydrogens (tertiary/aromatic N) is 1. The maximum Gasteiger partial charge on any atom is 0.573 e. The lowest BCUT2D eigenvalue weighted by molar-refractivity contribution is -0.274. The van der Waals surface area contributed by atoms with Gasteiger partial charge in [-0.1, -0.05) is 39.0 Å². The van der Waals surface area contributed by atoms with Crippen LogP contribution in [0.3, 0.4) is 0 Å². The van der Waals surface area contributed by atoms with Crippen LogP contribution in [0.15, 0.2) is 48.5 Å². The summed E-state index contributed by atoms with van der Waals surface area (Å²) in [6.45, 7) is 5.00. The summed E-state index contributed by atoms with van der Waals surface area (Å²) in [4.78, 5) is 28.8. The number of pyridine rings is 1. The van der Waals surface area contributed by atoms with Gasteiger partial charge in [0, 0.05) is 5.39 Å². The molecule has 2 aromatic carbocycles. The molecule has 0 saturated heterocycles. The number of benzene rings is 2. The van der Waals surface area contributed by atoms with E-state index < -0.39 is 41.4 Å². The zero-order valence-corrected chi connectivity index (χ0v) is 19.6. The van der Waals surface area contributed by atoms with Crippen molar-refractivity contribution in [3.05, 3.63) is 65.6 Å². The summed E-state index contributed by atoms with van der Waals surface area (Å²) < 4.78 is 60.8. The molecule has 11 heteroatoms. The second-order valence-electron chi connectivity index (χ2n) is 8.72. The van der Waals surface area contributed by atoms with Crippen LogP contribution in [-0.4, -0.2) is 34.4 Å². The van der Waals surface area contributed by atoms with E-state index in [1.165, 1.54) is 30.3 Å². The number of hydrogen-bond acceptors (Lipinski definition) is 5. The van der Waals surface area contributed by atoms with E-state index in [1.54, 1.807) is 20.8 Å². The zero-order valence-electron chi connectivity index (χ0n) is 19.6. The van der Waals surface area contributed by atoms with Crippen molar-refractivity contribution < 1.29 is 41.7 Å². The number of aliphatic carboxylic acids is 1. The summed E-state index contributed by atoms with van der Waals surface area (Å²) >= 11 is 0. The maximum absolute atomic E-state index is 14.0. The number of carbonyl (C=O) groups excluding carboxylic acids is 1. The van der Waals surface area contributed by atoms with Gasteiger partial charge in [-0.2, -0.15) is 4.39 Å². The zero-order chi connectivity index (χ0) is 26.7. The van der Waals surface area contributed by atoms with Crippen LogP contribution in [0.4, 0.5) is 17.6 Å². The van der Waals surface area contributed by atoms with E-state index in [2.05, 4.69) is 15.0 Å². The minimum atomic E-state index is -4.83. The Hall–Kier alpha value is -3.89. The topological polar surface area (TPSA) is 97.8 Å². The van der Waals surface area contributed by atoms with Crippen molar-refractivity contribution in [2.24, 2.45) is 5.41 Å². The Morgan fingerprint density at radius 2 is 1.69 bits per heavy atom. The number of aromatic nitrogens is 1. The van der Waals surface area contributed by atoms with Gasteiger partial charge in [0.05, 0.1) is 5.56 Å². The van der Waals surface area contributed by atoms with E-state index in [4.69, 9.17) is 4.74 Å². The van der Waals surface area contributed by atoms with Gasteiger partial charge in [-0.25, -0.2) is 9.78 Å². The van der Waals surface area contributed by atoms with Gasteiger partial charge in [-0.3, -0.25) is 4.79 Å². The van der Waals surface area contributed by atoms with Crippen LogP contribution in [0.25, 0.3) is 10.9 Å². The van der Waals surface area contributed by atoms with Gasteiger partial charge in [0.1, 0.15) is 23.9 Å². The van der Waals surface area contributed by atoms with E-state index in [9.17, 15) is 32.3 Å². The number of carbonyl (C=O) groups is 2. The monoisotopic (exact) mass is 508 g/mol. The van der Waals surface area contributed by atoms with Crippen molar-refractivity contribution in [3.8, 4) is 11.5 Å². The third kappa shape index (κ3) is 6.41. The SMILES string of the molecule is CCC(C)(C)[C@H](NC(=O)c1ccc2ccc(F)nc2c1OCc1ccc(OC(F)(F)F)cc1)C(=O)O. The van der Waals surface area contributed by atoms with Gasteiger partial charge in [0.2, 0.25) is 5.95 Å². The van der Waals surface area contributed by atoms with Gasteiger partial charge in [-0.15, -0.1) is 13.2 Å². The number of amides is 1. The average molecular weight is 508 g/mol. The Bertz CT molecular complexity index is 1260. The average Bonchev–Trinajstić information content (AvgIpc) is 2.80. The smallest absolute Gasteiger partial charge is 0.486 e. The highest BCUT2D eigenvalue weighted by atomic mass is 19.4. The molecule has 0 fully saturated rings. The fourth-order valence-corrected chi connectivity index (χ4v) is 3.41. The fourth-order valence-electron chi connectivity index (χ4n) is 3.41. The molecule has 0 spiro atoms. The van der Waals surface area contributed by atoms with Crippen molar-refractivity contribution >= 4 is 22.8 Å². The summed E-state index contributed by atoms with van der Waals surface area (Å²) in [5.41, 5.74) is -0.388. The van der Waals surface area contributed by atoms with E-state index in [1.807, 2.05) is 0 Å². The summed E-state index contributed by atoms with van der Waals surface area (Å²) in [5.74, 6) is -3.32. The van der Waals surface area contributed by atoms with E-state index in [0.717, 1.165) is 18.2 Å². The van der Waals surface area contributed by atoms with Crippen LogP contribution < -0.4 is 14.8 Å². The molecule has 3 rings (SSSR count). The second kappa shape index (κ2) is 10.4. The molecule has 3 aromatic rings. The van der Waals surface area contributed by atoms with Gasteiger partial charge >= 0.3 is 12.3 Å². The molecule has 1 atom stereocenters. The molecule has 0 aliphatic rings. The first kappa shape index (κ1) is 26.7. The standard InChI is InChI=1S/C25H24F4N2O5/c1-4-24(2,3)21(23(33)34)31-22(32)17-11-7-15-8-12-18(26)30-19(15)20(17)35-13-14-5-9-16(10-6-14)36-25(27,28)29/h5-12,21H,4,13H2,1-3H3,(H,31,32)(H,33,34)/t21-/m1/s1. The largest absolute Gasteiger partial charge is 0.573 e. The molecule has 0 aliphatic heterocycles. The van der Waals surface area contributed by atoms with Crippen LogP contribution in [0, 0.1) is 11.4 Å². The van der Waals surface area contributed by atoms with E-state index >= 15 is 0 Å². The Balaban J connectivity index is 1.94. The first-order valence-corrected chi connectivity index (χ1v) is 10.9. The number of rotatable bonds is 9. The summed E-state index contributed by atoms with van der Waals surface area (Å²) in [7, 11) is 0. The van der Waals surface area contributed by atoms with Crippen molar-refractivity contribution in [2.75, 3.05) is 0 Å². The maximum atomic E-state index is 14.0. The molecule has 36 heavy (non-hydrogen) atoms. The number of carboxylic acids is 1. The minimum absolute atomic E-state index is 0.0290. The number of nitrogens with one attached hydrogen (secondary N) is 1. The third-order valence-corrected chi connectivity index (χ3v) is 5.78. The van der Waals surface area contributed by atoms with Gasteiger partial charge in [-0.05, 0) is 47.7 Å². The highest BCUT2D eigenvalue weighted by molar-refractivity contribution is 6.04. The molecule has 192 valence electrons. The molecule has 7 nitrogen and oxygen atoms in total. The Labute approximate surface area is 204 Å². The number of carboxylic acid groups (broad SMARTS) is 1. The van der Waals surface area contributed by atoms with Crippen LogP contribution in [0.2, 0.25) is 0 Å². The molecular formula is C25H24F4N2O5. The lowest BCUT2D eigenvalue weighted by Gasteiger charge is -2.31. The number of ether oxygens (including phenoxy) is 2. The normalized spacial score (nSPS) is 12.8. The number of halogens is 4.